The van der Waals surface area contributed by atoms with Gasteiger partial charge in [0.15, 0.2) is 0 Å². The van der Waals surface area contributed by atoms with Crippen molar-refractivity contribution < 1.29 is 4.79 Å². The highest BCUT2D eigenvalue weighted by molar-refractivity contribution is 5.90. The van der Waals surface area contributed by atoms with E-state index in [1.54, 1.807) is 12.1 Å². The zero-order valence-corrected chi connectivity index (χ0v) is 13.7. The predicted molar refractivity (Wildman–Crippen MR) is 95.2 cm³/mol. The Balaban J connectivity index is 1.93. The minimum absolute atomic E-state index is 0.0478. The van der Waals surface area contributed by atoms with Gasteiger partial charge in [0.05, 0.1) is 10.9 Å². The normalized spacial score (nSPS) is 10.8. The van der Waals surface area contributed by atoms with Gasteiger partial charge in [-0.2, -0.15) is 0 Å². The maximum atomic E-state index is 12.7. The number of nitrogens with zero attached hydrogens (tertiary/aromatic N) is 2. The molecule has 0 spiro atoms. The summed E-state index contributed by atoms with van der Waals surface area (Å²) in [6, 6.07) is 14.8. The highest BCUT2D eigenvalue weighted by Crippen LogP contribution is 2.11. The maximum Gasteiger partial charge on any atom is 0.261 e. The molecular formula is C19H19N3O2. The van der Waals surface area contributed by atoms with Crippen molar-refractivity contribution in [1.29, 1.82) is 0 Å². The van der Waals surface area contributed by atoms with Gasteiger partial charge >= 0.3 is 0 Å². The Labute approximate surface area is 140 Å². The molecule has 1 amide bonds. The molecule has 0 saturated carbocycles. The first-order chi connectivity index (χ1) is 11.6. The molecule has 1 aromatic heterocycles. The van der Waals surface area contributed by atoms with Crippen LogP contribution in [0.15, 0.2) is 53.3 Å². The lowest BCUT2D eigenvalue weighted by molar-refractivity contribution is -0.116. The van der Waals surface area contributed by atoms with Gasteiger partial charge in [0.2, 0.25) is 5.91 Å². The summed E-state index contributed by atoms with van der Waals surface area (Å²) in [6.07, 6.45) is 0.581. The van der Waals surface area contributed by atoms with Gasteiger partial charge in [0, 0.05) is 12.1 Å². The van der Waals surface area contributed by atoms with Gasteiger partial charge in [-0.25, -0.2) is 4.98 Å². The van der Waals surface area contributed by atoms with Crippen molar-refractivity contribution in [3.63, 3.8) is 0 Å². The number of hydrogen-bond donors (Lipinski definition) is 1. The largest absolute Gasteiger partial charge is 0.325 e. The minimum Gasteiger partial charge on any atom is -0.325 e. The van der Waals surface area contributed by atoms with Crippen LogP contribution in [0, 0.1) is 6.92 Å². The lowest BCUT2D eigenvalue weighted by Crippen LogP contribution is -2.31. The summed E-state index contributed by atoms with van der Waals surface area (Å²) in [4.78, 5) is 29.6. The van der Waals surface area contributed by atoms with Crippen LogP contribution < -0.4 is 10.9 Å². The molecule has 3 aromatic rings. The van der Waals surface area contributed by atoms with E-state index >= 15 is 0 Å². The summed E-state index contributed by atoms with van der Waals surface area (Å²) >= 11 is 0. The van der Waals surface area contributed by atoms with Gasteiger partial charge in [-0.15, -0.1) is 0 Å². The maximum absolute atomic E-state index is 12.7. The molecule has 0 bridgehead atoms. The second-order valence-electron chi connectivity index (χ2n) is 5.71. The van der Waals surface area contributed by atoms with Crippen LogP contribution in [0.3, 0.4) is 0 Å². The third kappa shape index (κ3) is 3.20. The molecule has 122 valence electrons. The molecule has 1 N–H and O–H groups in total. The third-order valence-corrected chi connectivity index (χ3v) is 3.86. The standard InChI is InChI=1S/C19H19N3O2/c1-3-17-21-16-10-5-4-9-15(16)19(24)22(17)12-18(23)20-14-8-6-7-13(2)11-14/h4-11H,3,12H2,1-2H3,(H,20,23). The Morgan fingerprint density at radius 3 is 2.71 bits per heavy atom. The highest BCUT2D eigenvalue weighted by atomic mass is 16.2. The molecule has 24 heavy (non-hydrogen) atoms. The average molecular weight is 321 g/mol. The first-order valence-corrected chi connectivity index (χ1v) is 7.93. The number of carbonyl (C=O) groups is 1. The summed E-state index contributed by atoms with van der Waals surface area (Å²) < 4.78 is 1.45. The van der Waals surface area contributed by atoms with Crippen LogP contribution in [0.4, 0.5) is 5.69 Å². The summed E-state index contributed by atoms with van der Waals surface area (Å²) in [5.74, 6) is 0.368. The quantitative estimate of drug-likeness (QED) is 0.803. The average Bonchev–Trinajstić information content (AvgIpc) is 2.57. The van der Waals surface area contributed by atoms with Gasteiger partial charge in [0.25, 0.3) is 5.56 Å². The summed E-state index contributed by atoms with van der Waals surface area (Å²) in [6.45, 7) is 3.84. The van der Waals surface area contributed by atoms with Crippen molar-refractivity contribution in [2.45, 2.75) is 26.8 Å². The second kappa shape index (κ2) is 6.66. The van der Waals surface area contributed by atoms with Crippen LogP contribution in [0.25, 0.3) is 10.9 Å². The van der Waals surface area contributed by atoms with Gasteiger partial charge in [-0.3, -0.25) is 14.2 Å². The van der Waals surface area contributed by atoms with E-state index in [-0.39, 0.29) is 18.0 Å². The van der Waals surface area contributed by atoms with Crippen LogP contribution >= 0.6 is 0 Å². The van der Waals surface area contributed by atoms with Gasteiger partial charge < -0.3 is 5.32 Å². The van der Waals surface area contributed by atoms with E-state index in [1.807, 2.05) is 50.2 Å². The van der Waals surface area contributed by atoms with Crippen LogP contribution in [0.5, 0.6) is 0 Å². The second-order valence-corrected chi connectivity index (χ2v) is 5.71. The zero-order valence-electron chi connectivity index (χ0n) is 13.7. The number of fused-ring (bicyclic) bond motifs is 1. The highest BCUT2D eigenvalue weighted by Gasteiger charge is 2.13. The van der Waals surface area contributed by atoms with Gasteiger partial charge in [0.1, 0.15) is 12.4 Å². The molecule has 0 radical (unpaired) electrons. The molecular weight excluding hydrogens is 302 g/mol. The molecule has 0 aliphatic carbocycles. The molecule has 0 unspecified atom stereocenters. The Morgan fingerprint density at radius 2 is 1.96 bits per heavy atom. The first kappa shape index (κ1) is 15.9. The fourth-order valence-electron chi connectivity index (χ4n) is 2.71. The molecule has 5 nitrogen and oxygen atoms in total. The SMILES string of the molecule is CCc1nc2ccccc2c(=O)n1CC(=O)Nc1cccc(C)c1. The number of anilines is 1. The van der Waals surface area contributed by atoms with Crippen LogP contribution in [0.1, 0.15) is 18.3 Å². The first-order valence-electron chi connectivity index (χ1n) is 7.93. The van der Waals surface area contributed by atoms with Crippen molar-refractivity contribution in [2.75, 3.05) is 5.32 Å². The number of aryl methyl sites for hydroxylation is 2. The molecule has 0 atom stereocenters. The third-order valence-electron chi connectivity index (χ3n) is 3.86. The van der Waals surface area contributed by atoms with Crippen LogP contribution in [-0.2, 0) is 17.8 Å². The molecule has 0 aliphatic heterocycles. The number of nitrogens with one attached hydrogen (secondary N) is 1. The number of hydrogen-bond acceptors (Lipinski definition) is 3. The van der Waals surface area contributed by atoms with Crippen LogP contribution in [0.2, 0.25) is 0 Å². The van der Waals surface area contributed by atoms with E-state index in [9.17, 15) is 9.59 Å². The van der Waals surface area contributed by atoms with Crippen molar-refractivity contribution in [3.8, 4) is 0 Å². The topological polar surface area (TPSA) is 64.0 Å². The molecule has 2 aromatic carbocycles. The molecule has 0 saturated heterocycles. The number of aromatic nitrogens is 2. The zero-order chi connectivity index (χ0) is 17.1. The van der Waals surface area contributed by atoms with E-state index in [4.69, 9.17) is 0 Å². The molecule has 0 aliphatic rings. The van der Waals surface area contributed by atoms with Crippen molar-refractivity contribution >= 4 is 22.5 Å². The molecule has 5 heteroatoms. The molecule has 0 fully saturated rings. The number of amides is 1. The van der Waals surface area contributed by atoms with E-state index in [1.165, 1.54) is 4.57 Å². The fraction of sp³-hybridized carbons (Fsp3) is 0.211. The number of para-hydroxylation sites is 1. The Morgan fingerprint density at radius 1 is 1.17 bits per heavy atom. The van der Waals surface area contributed by atoms with E-state index in [0.717, 1.165) is 11.3 Å². The van der Waals surface area contributed by atoms with Crippen LogP contribution in [-0.4, -0.2) is 15.5 Å². The van der Waals surface area contributed by atoms with Gasteiger partial charge in [-0.1, -0.05) is 31.2 Å². The summed E-state index contributed by atoms with van der Waals surface area (Å²) in [5, 5.41) is 3.36. The number of rotatable bonds is 4. The van der Waals surface area contributed by atoms with Crippen molar-refractivity contribution in [3.05, 3.63) is 70.3 Å². The lowest BCUT2D eigenvalue weighted by atomic mass is 10.2. The lowest BCUT2D eigenvalue weighted by Gasteiger charge is -2.12. The Hall–Kier alpha value is -2.95. The van der Waals surface area contributed by atoms with Crippen molar-refractivity contribution in [1.82, 2.24) is 9.55 Å². The van der Waals surface area contributed by atoms with Gasteiger partial charge in [-0.05, 0) is 36.8 Å². The number of carbonyl (C=O) groups excluding carboxylic acids is 1. The molecule has 1 heterocycles. The number of benzene rings is 2. The predicted octanol–water partition coefficient (Wildman–Crippen LogP) is 2.91. The summed E-state index contributed by atoms with van der Waals surface area (Å²) in [5.41, 5.74) is 2.26. The van der Waals surface area contributed by atoms with E-state index < -0.39 is 0 Å². The Kier molecular flexibility index (Phi) is 4.42. The Bertz CT molecular complexity index is 960. The van der Waals surface area contributed by atoms with E-state index in [0.29, 0.717) is 23.1 Å². The fourth-order valence-corrected chi connectivity index (χ4v) is 2.71. The smallest absolute Gasteiger partial charge is 0.261 e. The summed E-state index contributed by atoms with van der Waals surface area (Å²) in [7, 11) is 0. The van der Waals surface area contributed by atoms with Crippen molar-refractivity contribution in [2.24, 2.45) is 0 Å². The van der Waals surface area contributed by atoms with E-state index in [2.05, 4.69) is 10.3 Å². The molecule has 3 rings (SSSR count). The monoisotopic (exact) mass is 321 g/mol. The minimum atomic E-state index is -0.241.